The van der Waals surface area contributed by atoms with E-state index in [0.717, 1.165) is 76.3 Å². The largest absolute Gasteiger partial charge is 5.00 e. The van der Waals surface area contributed by atoms with Crippen LogP contribution in [0.25, 0.3) is 32.7 Å². The van der Waals surface area contributed by atoms with Gasteiger partial charge in [-0.15, -0.1) is 36.7 Å². The van der Waals surface area contributed by atoms with Crippen LogP contribution in [-0.4, -0.2) is 70.8 Å². The van der Waals surface area contributed by atoms with E-state index in [0.29, 0.717) is 50.1 Å². The minimum Gasteiger partial charge on any atom is -0.871 e. The van der Waals surface area contributed by atoms with Crippen molar-refractivity contribution in [2.75, 3.05) is 70.8 Å². The molecule has 13 rings (SSSR count). The van der Waals surface area contributed by atoms with Crippen LogP contribution in [-0.2, 0) is 59.0 Å². The van der Waals surface area contributed by atoms with Crippen molar-refractivity contribution in [3.05, 3.63) is 336 Å². The Morgan fingerprint density at radius 1 is 0.309 bits per heavy atom. The summed E-state index contributed by atoms with van der Waals surface area (Å²) < 4.78 is 14.8. The van der Waals surface area contributed by atoms with E-state index in [2.05, 4.69) is 186 Å². The van der Waals surface area contributed by atoms with Gasteiger partial charge >= 0.3 is 44.8 Å². The van der Waals surface area contributed by atoms with Crippen molar-refractivity contribution in [1.82, 2.24) is 0 Å². The van der Waals surface area contributed by atoms with Gasteiger partial charge in [0.15, 0.2) is 0 Å². The molecule has 4 fully saturated rings. The number of hydrogen-bond donors (Lipinski definition) is 0. The number of ether oxygens (including phenoxy) is 3. The summed E-state index contributed by atoms with van der Waals surface area (Å²) in [4.78, 5) is 0. The van der Waals surface area contributed by atoms with Crippen molar-refractivity contribution >= 4 is 53.5 Å². The Bertz CT molecular complexity index is 3440. The number of benzene rings is 9. The molecule has 0 amide bonds. The van der Waals surface area contributed by atoms with Crippen molar-refractivity contribution in [1.29, 1.82) is 0 Å². The molecule has 4 aliphatic heterocycles. The number of nitrogens with zero attached hydrogens (tertiary/aromatic N) is 3. The summed E-state index contributed by atoms with van der Waals surface area (Å²) in [5, 5.41) is 59.4. The van der Waals surface area contributed by atoms with Gasteiger partial charge in [0.2, 0.25) is 0 Å². The molecule has 0 unspecified atom stereocenters. The molecule has 9 nitrogen and oxygen atoms in total. The topological polar surface area (TPSA) is 139 Å². The monoisotopic (exact) mass is 1780 g/mol. The van der Waals surface area contributed by atoms with Crippen LogP contribution in [0.15, 0.2) is 253 Å². The molecule has 4 saturated heterocycles. The van der Waals surface area contributed by atoms with Crippen LogP contribution in [0.3, 0.4) is 0 Å². The summed E-state index contributed by atoms with van der Waals surface area (Å²) in [5.74, 6) is 2.83. The molecule has 0 spiro atoms. The Kier molecular flexibility index (Phi) is 44.9. The first kappa shape index (κ1) is 95.5. The fraction of sp³-hybridized carbons (Fsp3) is 0.381. The number of rotatable bonds is 15. The van der Waals surface area contributed by atoms with Gasteiger partial charge in [-0.25, -0.2) is 0 Å². The summed E-state index contributed by atoms with van der Waals surface area (Å²) >= 11 is 2.07. The maximum Gasteiger partial charge on any atom is 5.00 e. The van der Waals surface area contributed by atoms with Gasteiger partial charge in [0.05, 0.1) is 0 Å². The summed E-state index contributed by atoms with van der Waals surface area (Å²) in [5.41, 5.74) is 15.3. The number of aryl methyl sites for hydroxylation is 6. The smallest absolute Gasteiger partial charge is 0.871 e. The van der Waals surface area contributed by atoms with Crippen LogP contribution in [0.2, 0.25) is 0 Å². The average Bonchev–Trinajstić information content (AvgIpc) is 0.833. The third-order valence-corrected chi connectivity index (χ3v) is 19.8. The van der Waals surface area contributed by atoms with Crippen LogP contribution in [0.1, 0.15) is 180 Å². The van der Waals surface area contributed by atoms with Gasteiger partial charge in [0.1, 0.15) is 0 Å². The van der Waals surface area contributed by atoms with Gasteiger partial charge in [0, 0.05) is 39.6 Å². The van der Waals surface area contributed by atoms with E-state index >= 15 is 15.3 Å². The maximum absolute atomic E-state index is 15.2. The standard InChI is InChI=1S/C42H33O3P.3C13H20N.3C4H8O.C4H8S.Au.Nb/c43-40(37(31-19-7-1-8-20-31)32-21-9-2-10-22-32)46(41(44)38(33-23-11-3-12-24-33)34-25-13-4-14-26-34)42(45)39(35-27-15-5-16-28-35)36-29-17-6-18-30-36;3*1-10-6-11(2)8-12(7-10)14-9-13(3,4)5;4*1-2-4-5-3-1;;/h1-30,43-45H;3*6-8H,9H2,1-5H3;4*1-4H2;;/q;3*-1;;;;;+1;+5/p-3. The Balaban J connectivity index is 0.000000322. The molecule has 13 heteroatoms. The van der Waals surface area contributed by atoms with Crippen LogP contribution < -0.4 is 15.3 Å². The Labute approximate surface area is 700 Å². The summed E-state index contributed by atoms with van der Waals surface area (Å²) in [6.07, 6.45) is 10.6. The summed E-state index contributed by atoms with van der Waals surface area (Å²) in [7, 11) is -2.63. The predicted octanol–water partition coefficient (Wildman–Crippen LogP) is 24.8. The minimum absolute atomic E-state index is 0. The Morgan fingerprint density at radius 2 is 0.491 bits per heavy atom. The van der Waals surface area contributed by atoms with Crippen molar-refractivity contribution in [3.63, 3.8) is 0 Å². The molecule has 0 N–H and O–H groups in total. The minimum atomic E-state index is -2.63. The maximum atomic E-state index is 15.2. The van der Waals surface area contributed by atoms with Crippen LogP contribution in [0.5, 0.6) is 0 Å². The molecular weight excluding hydrogens is 1660 g/mol. The zero-order valence-electron chi connectivity index (χ0n) is 68.3. The Hall–Kier alpha value is -6.86. The number of hydrogen-bond acceptors (Lipinski definition) is 7. The second-order valence-electron chi connectivity index (χ2n) is 31.5. The quantitative estimate of drug-likeness (QED) is 0.0566. The third-order valence-electron chi connectivity index (χ3n) is 16.8. The summed E-state index contributed by atoms with van der Waals surface area (Å²) in [6.45, 7) is 41.2. The van der Waals surface area contributed by atoms with Crippen molar-refractivity contribution in [2.45, 2.75) is 155 Å². The molecule has 9 aromatic rings. The van der Waals surface area contributed by atoms with Crippen LogP contribution in [0, 0.1) is 57.8 Å². The fourth-order valence-corrected chi connectivity index (χ4v) is 14.7. The van der Waals surface area contributed by atoms with Crippen LogP contribution in [0.4, 0.5) is 17.1 Å². The zero-order chi connectivity index (χ0) is 78.2. The second kappa shape index (κ2) is 51.7. The van der Waals surface area contributed by atoms with Crippen molar-refractivity contribution in [3.8, 4) is 0 Å². The van der Waals surface area contributed by atoms with Crippen molar-refractivity contribution < 1.29 is 74.3 Å². The molecule has 9 aromatic carbocycles. The molecule has 0 bridgehead atoms. The van der Waals surface area contributed by atoms with E-state index in [4.69, 9.17) is 14.2 Å². The fourth-order valence-electron chi connectivity index (χ4n) is 11.6. The van der Waals surface area contributed by atoms with E-state index in [1.54, 1.807) is 0 Å². The van der Waals surface area contributed by atoms with Crippen molar-refractivity contribution in [2.24, 2.45) is 16.2 Å². The molecule has 588 valence electrons. The molecule has 4 heterocycles. The zero-order valence-corrected chi connectivity index (χ0v) is 74.4. The van der Waals surface area contributed by atoms with Gasteiger partial charge in [-0.2, -0.15) is 11.8 Å². The van der Waals surface area contributed by atoms with Gasteiger partial charge in [-0.05, 0) is 155 Å². The first-order valence-electron chi connectivity index (χ1n) is 38.7. The molecule has 0 atom stereocenters. The van der Waals surface area contributed by atoms with E-state index in [-0.39, 0.29) is 61.0 Å². The predicted molar refractivity (Wildman–Crippen MR) is 460 cm³/mol. The van der Waals surface area contributed by atoms with Gasteiger partial charge in [-0.1, -0.05) is 373 Å². The molecule has 0 aliphatic carbocycles. The van der Waals surface area contributed by atoms with E-state index in [9.17, 15) is 0 Å². The van der Waals surface area contributed by atoms with E-state index in [1.165, 1.54) is 96.3 Å². The van der Waals surface area contributed by atoms with Crippen LogP contribution >= 0.6 is 19.7 Å². The molecule has 4 aliphatic rings. The third kappa shape index (κ3) is 38.1. The van der Waals surface area contributed by atoms with Gasteiger partial charge < -0.3 is 45.5 Å². The Morgan fingerprint density at radius 3 is 0.627 bits per heavy atom. The molecule has 0 radical (unpaired) electrons. The average molecular weight is 1780 g/mol. The van der Waals surface area contributed by atoms with E-state index in [1.807, 2.05) is 182 Å². The van der Waals surface area contributed by atoms with E-state index < -0.39 is 24.4 Å². The molecular formula is C97H122AuN3NbO6PS. The second-order valence-corrected chi connectivity index (χ2v) is 34.6. The molecule has 0 aromatic heterocycles. The van der Waals surface area contributed by atoms with Gasteiger partial charge in [-0.3, -0.25) is 0 Å². The van der Waals surface area contributed by atoms with Gasteiger partial charge in [0.25, 0.3) is 0 Å². The SMILES string of the molecule is C1CCOC1.C1CCOC1.C1CCOC1.C1CCSC1.Cc1cc(C)cc([N-]CC(C)(C)C)c1.Cc1cc(C)cc([N-]CC(C)(C)C)c1.Cc1cc(C)cc([N-]CC(C)(C)C)c1.[Au+].[Nb+5].[O-]C(=C(c1ccccc1)c1ccccc1)P(C([O-])=C(c1ccccc1)c1ccccc1)C([O-])=C(c1ccccc1)c1ccccc1. The summed E-state index contributed by atoms with van der Waals surface area (Å²) in [6, 6.07) is 75.1. The molecule has 110 heavy (non-hydrogen) atoms. The first-order chi connectivity index (χ1) is 51.7. The first-order valence-corrected chi connectivity index (χ1v) is 41.2. The molecule has 0 saturated carbocycles. The normalized spacial score (nSPS) is 13.2. The number of thioether (sulfide) groups is 1.